The van der Waals surface area contributed by atoms with Gasteiger partial charge in [0.1, 0.15) is 0 Å². The third-order valence-corrected chi connectivity index (χ3v) is 10.5. The Balaban J connectivity index is 2.04. The lowest BCUT2D eigenvalue weighted by Crippen LogP contribution is -2.43. The first-order chi connectivity index (χ1) is 17.9. The Kier molecular flexibility index (Phi) is 8.66. The largest absolute Gasteiger partial charge is 0.385 e. The molecule has 40 heavy (non-hydrogen) atoms. The van der Waals surface area contributed by atoms with Crippen molar-refractivity contribution in [2.45, 2.75) is 132 Å². The molecule has 0 aromatic carbocycles. The summed E-state index contributed by atoms with van der Waals surface area (Å²) in [6.45, 7) is 27.7. The van der Waals surface area contributed by atoms with Crippen molar-refractivity contribution in [3.05, 3.63) is 69.9 Å². The number of hydrogen-bond donors (Lipinski definition) is 3. The third kappa shape index (κ3) is 6.08. The highest BCUT2D eigenvalue weighted by molar-refractivity contribution is 5.47. The number of rotatable bonds is 5. The summed E-state index contributed by atoms with van der Waals surface area (Å²) in [4.78, 5) is 0. The second kappa shape index (κ2) is 10.5. The van der Waals surface area contributed by atoms with Gasteiger partial charge in [-0.3, -0.25) is 0 Å². The van der Waals surface area contributed by atoms with Crippen LogP contribution in [0.25, 0.3) is 0 Å². The van der Waals surface area contributed by atoms with Crippen LogP contribution < -0.4 is 0 Å². The average molecular weight is 551 g/mol. The van der Waals surface area contributed by atoms with Gasteiger partial charge in [-0.1, -0.05) is 122 Å². The fourth-order valence-corrected chi connectivity index (χ4v) is 6.66. The number of hydrogen-bond acceptors (Lipinski definition) is 3. The Morgan fingerprint density at radius 3 is 1.10 bits per heavy atom. The summed E-state index contributed by atoms with van der Waals surface area (Å²) in [6.07, 6.45) is 15.4. The van der Waals surface area contributed by atoms with Gasteiger partial charge in [0.25, 0.3) is 0 Å². The summed E-state index contributed by atoms with van der Waals surface area (Å²) in [6, 6.07) is 0. The number of allylic oxidation sites excluding steroid dienone is 6. The molecule has 3 rings (SSSR count). The molecule has 0 saturated carbocycles. The van der Waals surface area contributed by atoms with Crippen LogP contribution in [0.1, 0.15) is 116 Å². The molecule has 3 aliphatic rings. The molecule has 0 saturated heterocycles. The zero-order valence-electron chi connectivity index (χ0n) is 27.8. The SMILES string of the molecule is CC1=C(C(C)CC(C2=C(C)CC(O)(C(C)(C)C)C=C2)C2=C(C)CC(O)(C(C)(C)C)C=C2)C=CC(O)(C(C)(C)C)C1. The first-order valence-electron chi connectivity index (χ1n) is 15.3. The van der Waals surface area contributed by atoms with Gasteiger partial charge in [0.2, 0.25) is 0 Å². The van der Waals surface area contributed by atoms with Crippen LogP contribution in [0.4, 0.5) is 0 Å². The summed E-state index contributed by atoms with van der Waals surface area (Å²) < 4.78 is 0. The molecule has 0 aromatic rings. The van der Waals surface area contributed by atoms with E-state index in [1.54, 1.807) is 0 Å². The predicted molar refractivity (Wildman–Crippen MR) is 170 cm³/mol. The van der Waals surface area contributed by atoms with Crippen LogP contribution >= 0.6 is 0 Å². The van der Waals surface area contributed by atoms with Gasteiger partial charge in [0.05, 0.1) is 16.8 Å². The Bertz CT molecular complexity index is 1120. The molecule has 0 amide bonds. The van der Waals surface area contributed by atoms with Gasteiger partial charge in [-0.15, -0.1) is 0 Å². The minimum Gasteiger partial charge on any atom is -0.385 e. The van der Waals surface area contributed by atoms with Crippen LogP contribution in [-0.2, 0) is 0 Å². The molecule has 3 heteroatoms. The van der Waals surface area contributed by atoms with Crippen LogP contribution in [0.3, 0.4) is 0 Å². The minimum absolute atomic E-state index is 0.147. The maximum atomic E-state index is 11.5. The van der Waals surface area contributed by atoms with Gasteiger partial charge in [0, 0.05) is 25.2 Å². The van der Waals surface area contributed by atoms with Crippen molar-refractivity contribution >= 4 is 0 Å². The molecule has 224 valence electrons. The molecular weight excluding hydrogens is 492 g/mol. The van der Waals surface area contributed by atoms with Crippen molar-refractivity contribution in [2.24, 2.45) is 28.1 Å². The van der Waals surface area contributed by atoms with Gasteiger partial charge in [0.15, 0.2) is 0 Å². The fourth-order valence-electron chi connectivity index (χ4n) is 6.66. The summed E-state index contributed by atoms with van der Waals surface area (Å²) in [5.41, 5.74) is 4.23. The van der Waals surface area contributed by atoms with E-state index in [1.807, 2.05) is 18.2 Å². The predicted octanol–water partition coefficient (Wildman–Crippen LogP) is 8.79. The molecule has 0 fully saturated rings. The Morgan fingerprint density at radius 2 is 0.850 bits per heavy atom. The van der Waals surface area contributed by atoms with Gasteiger partial charge in [-0.05, 0) is 66.1 Å². The molecule has 0 spiro atoms. The van der Waals surface area contributed by atoms with Crippen molar-refractivity contribution in [1.82, 2.24) is 0 Å². The smallest absolute Gasteiger partial charge is 0.0915 e. The Hall–Kier alpha value is -1.68. The summed E-state index contributed by atoms with van der Waals surface area (Å²) in [5.74, 6) is 0.425. The quantitative estimate of drug-likeness (QED) is 0.320. The van der Waals surface area contributed by atoms with Gasteiger partial charge >= 0.3 is 0 Å². The second-order valence-corrected chi connectivity index (χ2v) is 16.4. The Morgan fingerprint density at radius 1 is 0.575 bits per heavy atom. The first kappa shape index (κ1) is 32.8. The monoisotopic (exact) mass is 550 g/mol. The molecule has 0 heterocycles. The zero-order chi connectivity index (χ0) is 30.7. The number of aliphatic hydroxyl groups is 3. The van der Waals surface area contributed by atoms with E-state index in [0.717, 1.165) is 6.42 Å². The maximum Gasteiger partial charge on any atom is 0.0915 e. The van der Waals surface area contributed by atoms with Gasteiger partial charge in [-0.25, -0.2) is 0 Å². The lowest BCUT2D eigenvalue weighted by molar-refractivity contribution is -0.0152. The molecule has 0 bridgehead atoms. The van der Waals surface area contributed by atoms with E-state index in [9.17, 15) is 15.3 Å². The molecular formula is C37H58O3. The van der Waals surface area contributed by atoms with E-state index in [4.69, 9.17) is 0 Å². The fraction of sp³-hybridized carbons (Fsp3) is 0.676. The zero-order valence-corrected chi connectivity index (χ0v) is 27.8. The van der Waals surface area contributed by atoms with E-state index in [0.29, 0.717) is 19.3 Å². The van der Waals surface area contributed by atoms with Crippen LogP contribution in [0, 0.1) is 28.1 Å². The van der Waals surface area contributed by atoms with E-state index < -0.39 is 16.8 Å². The van der Waals surface area contributed by atoms with Crippen molar-refractivity contribution < 1.29 is 15.3 Å². The maximum absolute atomic E-state index is 11.5. The summed E-state index contributed by atoms with van der Waals surface area (Å²) in [5, 5.41) is 34.4. The van der Waals surface area contributed by atoms with Gasteiger partial charge in [-0.2, -0.15) is 0 Å². The third-order valence-electron chi connectivity index (χ3n) is 10.5. The van der Waals surface area contributed by atoms with Crippen LogP contribution in [-0.4, -0.2) is 32.1 Å². The molecule has 0 aliphatic heterocycles. The molecule has 3 aliphatic carbocycles. The summed E-state index contributed by atoms with van der Waals surface area (Å²) >= 11 is 0. The van der Waals surface area contributed by atoms with E-state index >= 15 is 0 Å². The second-order valence-electron chi connectivity index (χ2n) is 16.4. The Labute approximate surface area is 245 Å². The minimum atomic E-state index is -0.877. The first-order valence-corrected chi connectivity index (χ1v) is 15.3. The highest BCUT2D eigenvalue weighted by Crippen LogP contribution is 2.49. The summed E-state index contributed by atoms with van der Waals surface area (Å²) in [7, 11) is 0. The van der Waals surface area contributed by atoms with Crippen molar-refractivity contribution in [1.29, 1.82) is 0 Å². The van der Waals surface area contributed by atoms with Crippen LogP contribution in [0.15, 0.2) is 69.9 Å². The molecule has 3 N–H and O–H groups in total. The lowest BCUT2D eigenvalue weighted by atomic mass is 9.65. The van der Waals surface area contributed by atoms with Gasteiger partial charge < -0.3 is 15.3 Å². The van der Waals surface area contributed by atoms with E-state index in [-0.39, 0.29) is 28.1 Å². The van der Waals surface area contributed by atoms with Crippen molar-refractivity contribution in [2.75, 3.05) is 0 Å². The van der Waals surface area contributed by atoms with Crippen molar-refractivity contribution in [3.63, 3.8) is 0 Å². The molecule has 4 unspecified atom stereocenters. The molecule has 0 aromatic heterocycles. The van der Waals surface area contributed by atoms with E-state index in [1.165, 1.54) is 33.4 Å². The lowest BCUT2D eigenvalue weighted by Gasteiger charge is -2.44. The van der Waals surface area contributed by atoms with Crippen LogP contribution in [0.2, 0.25) is 0 Å². The highest BCUT2D eigenvalue weighted by Gasteiger charge is 2.44. The van der Waals surface area contributed by atoms with Crippen molar-refractivity contribution in [3.8, 4) is 0 Å². The molecule has 0 radical (unpaired) electrons. The van der Waals surface area contributed by atoms with Crippen LogP contribution in [0.5, 0.6) is 0 Å². The van der Waals surface area contributed by atoms with E-state index in [2.05, 4.69) is 108 Å². The standard InChI is InChI=1S/C37H58O3/c1-24(28-14-17-35(38,21-25(28)2)32(5,6)7)20-31(29-15-18-36(39,22-26(29)3)33(8,9)10)30-16-19-37(40,23-27(30)4)34(11,12)13/h14-19,24,31,38-40H,20-23H2,1-13H3. The highest BCUT2D eigenvalue weighted by atomic mass is 16.3. The normalized spacial score (nSPS) is 31.8. The topological polar surface area (TPSA) is 60.7 Å². The molecule has 4 atom stereocenters. The molecule has 3 nitrogen and oxygen atoms in total. The average Bonchev–Trinajstić information content (AvgIpc) is 2.76.